The summed E-state index contributed by atoms with van der Waals surface area (Å²) in [6.45, 7) is 5.79. The molecule has 3 aromatic rings. The van der Waals surface area contributed by atoms with Crippen LogP contribution in [0.4, 0.5) is 4.79 Å². The van der Waals surface area contributed by atoms with Gasteiger partial charge in [0.1, 0.15) is 0 Å². The van der Waals surface area contributed by atoms with Crippen LogP contribution in [0.5, 0.6) is 0 Å². The largest absolute Gasteiger partial charge is 0.463 e. The predicted molar refractivity (Wildman–Crippen MR) is 120 cm³/mol. The fraction of sp³-hybridized carbons (Fsp3) is 0.286. The highest BCUT2D eigenvalue weighted by molar-refractivity contribution is 7.99. The molecule has 1 atom stereocenters. The van der Waals surface area contributed by atoms with Crippen molar-refractivity contribution in [1.82, 2.24) is 30.2 Å². The SMILES string of the molecule is CCOC(=O)C1=C(CSc2nnc3nc(C)cc(C)n23)NC(=O)NC1c1ccc(Cl)cc1. The number of esters is 1. The number of hydrogen-bond acceptors (Lipinski definition) is 7. The molecule has 2 aromatic heterocycles. The van der Waals surface area contributed by atoms with Gasteiger partial charge < -0.3 is 15.4 Å². The van der Waals surface area contributed by atoms with Crippen LogP contribution in [0.15, 0.2) is 46.8 Å². The molecule has 0 spiro atoms. The number of benzene rings is 1. The molecule has 0 saturated carbocycles. The average Bonchev–Trinajstić information content (AvgIpc) is 3.15. The zero-order chi connectivity index (χ0) is 22.8. The highest BCUT2D eigenvalue weighted by Gasteiger charge is 2.34. The minimum Gasteiger partial charge on any atom is -0.463 e. The summed E-state index contributed by atoms with van der Waals surface area (Å²) in [6, 6.07) is 7.82. The molecule has 1 aliphatic heterocycles. The first kappa shape index (κ1) is 22.1. The first-order chi connectivity index (χ1) is 15.4. The Kier molecular flexibility index (Phi) is 6.33. The molecule has 0 bridgehead atoms. The van der Waals surface area contributed by atoms with Gasteiger partial charge in [0.15, 0.2) is 5.16 Å². The van der Waals surface area contributed by atoms with Gasteiger partial charge in [0.2, 0.25) is 0 Å². The van der Waals surface area contributed by atoms with Gasteiger partial charge in [-0.2, -0.15) is 0 Å². The molecule has 32 heavy (non-hydrogen) atoms. The van der Waals surface area contributed by atoms with Crippen molar-refractivity contribution in [3.05, 3.63) is 63.6 Å². The van der Waals surface area contributed by atoms with Gasteiger partial charge in [-0.05, 0) is 44.5 Å². The minimum atomic E-state index is -0.670. The van der Waals surface area contributed by atoms with Crippen molar-refractivity contribution >= 4 is 41.1 Å². The average molecular weight is 473 g/mol. The Bertz CT molecular complexity index is 1220. The maximum absolute atomic E-state index is 12.9. The summed E-state index contributed by atoms with van der Waals surface area (Å²) >= 11 is 7.35. The topological polar surface area (TPSA) is 111 Å². The van der Waals surface area contributed by atoms with Gasteiger partial charge in [-0.3, -0.25) is 4.40 Å². The molecule has 4 rings (SSSR count). The van der Waals surface area contributed by atoms with Gasteiger partial charge in [-0.15, -0.1) is 10.2 Å². The molecule has 1 unspecified atom stereocenters. The van der Waals surface area contributed by atoms with E-state index in [2.05, 4.69) is 25.8 Å². The van der Waals surface area contributed by atoms with E-state index >= 15 is 0 Å². The lowest BCUT2D eigenvalue weighted by Gasteiger charge is -2.29. The van der Waals surface area contributed by atoms with E-state index in [1.54, 1.807) is 31.2 Å². The highest BCUT2D eigenvalue weighted by Crippen LogP contribution is 2.31. The van der Waals surface area contributed by atoms with Crippen LogP contribution < -0.4 is 10.6 Å². The van der Waals surface area contributed by atoms with Gasteiger partial charge in [-0.1, -0.05) is 35.5 Å². The molecule has 2 N–H and O–H groups in total. The molecule has 1 aliphatic rings. The molecular formula is C21H21ClN6O3S. The molecule has 0 fully saturated rings. The Balaban J connectivity index is 1.71. The zero-order valence-corrected chi connectivity index (χ0v) is 19.3. The maximum Gasteiger partial charge on any atom is 0.338 e. The number of aromatic nitrogens is 4. The summed E-state index contributed by atoms with van der Waals surface area (Å²) in [7, 11) is 0. The molecule has 9 nitrogen and oxygen atoms in total. The second-order valence-corrected chi connectivity index (χ2v) is 8.52. The van der Waals surface area contributed by atoms with Gasteiger partial charge in [0.25, 0.3) is 5.78 Å². The number of carbonyl (C=O) groups is 2. The van der Waals surface area contributed by atoms with Crippen LogP contribution in [-0.2, 0) is 9.53 Å². The minimum absolute atomic E-state index is 0.211. The first-order valence-electron chi connectivity index (χ1n) is 9.92. The van der Waals surface area contributed by atoms with Crippen LogP contribution in [0.1, 0.15) is 29.9 Å². The quantitative estimate of drug-likeness (QED) is 0.418. The number of thioether (sulfide) groups is 1. The van der Waals surface area contributed by atoms with E-state index in [0.717, 1.165) is 17.0 Å². The number of nitrogens with one attached hydrogen (secondary N) is 2. The second kappa shape index (κ2) is 9.17. The molecular weight excluding hydrogens is 452 g/mol. The van der Waals surface area contributed by atoms with E-state index in [-0.39, 0.29) is 12.4 Å². The van der Waals surface area contributed by atoms with E-state index in [0.29, 0.717) is 27.2 Å². The lowest BCUT2D eigenvalue weighted by Crippen LogP contribution is -2.46. The van der Waals surface area contributed by atoms with Crippen LogP contribution in [0.25, 0.3) is 5.78 Å². The summed E-state index contributed by atoms with van der Waals surface area (Å²) in [5.74, 6) is 0.271. The smallest absolute Gasteiger partial charge is 0.338 e. The number of carbonyl (C=O) groups excluding carboxylic acids is 2. The molecule has 0 aliphatic carbocycles. The third kappa shape index (κ3) is 4.42. The summed E-state index contributed by atoms with van der Waals surface area (Å²) in [5, 5.41) is 15.1. The molecule has 0 radical (unpaired) electrons. The molecule has 0 saturated heterocycles. The Labute approximate surface area is 193 Å². The van der Waals surface area contributed by atoms with Crippen LogP contribution >= 0.6 is 23.4 Å². The predicted octanol–water partition coefficient (Wildman–Crippen LogP) is 3.36. The lowest BCUT2D eigenvalue weighted by atomic mass is 9.95. The second-order valence-electron chi connectivity index (χ2n) is 7.14. The summed E-state index contributed by atoms with van der Waals surface area (Å²) in [6.07, 6.45) is 0. The monoisotopic (exact) mass is 472 g/mol. The number of nitrogens with zero attached hydrogens (tertiary/aromatic N) is 4. The summed E-state index contributed by atoms with van der Waals surface area (Å²) in [4.78, 5) is 29.7. The fourth-order valence-electron chi connectivity index (χ4n) is 3.52. The molecule has 1 aromatic carbocycles. The molecule has 2 amide bonds. The highest BCUT2D eigenvalue weighted by atomic mass is 35.5. The number of urea groups is 1. The van der Waals surface area contributed by atoms with Gasteiger partial charge in [-0.25, -0.2) is 14.6 Å². The van der Waals surface area contributed by atoms with Crippen molar-refractivity contribution in [3.63, 3.8) is 0 Å². The van der Waals surface area contributed by atoms with Crippen molar-refractivity contribution in [1.29, 1.82) is 0 Å². The van der Waals surface area contributed by atoms with E-state index in [1.165, 1.54) is 11.8 Å². The number of fused-ring (bicyclic) bond motifs is 1. The van der Waals surface area contributed by atoms with Crippen LogP contribution in [-0.4, -0.2) is 43.9 Å². The normalized spacial score (nSPS) is 16.1. The number of halogens is 1. The standard InChI is InChI=1S/C21H21ClN6O3S/c1-4-31-18(29)16-15(24-20(30)25-17(16)13-5-7-14(22)8-6-13)10-32-21-27-26-19-23-11(2)9-12(3)28(19)21/h5-9,17H,4,10H2,1-3H3,(H2,24,25,30). The number of amides is 2. The van der Waals surface area contributed by atoms with Gasteiger partial charge >= 0.3 is 12.0 Å². The van der Waals surface area contributed by atoms with Gasteiger partial charge in [0, 0.05) is 27.9 Å². The van der Waals surface area contributed by atoms with Crippen molar-refractivity contribution in [2.24, 2.45) is 0 Å². The Morgan fingerprint density at radius 1 is 1.25 bits per heavy atom. The van der Waals surface area contributed by atoms with Gasteiger partial charge in [0.05, 0.1) is 18.2 Å². The number of aryl methyl sites for hydroxylation is 2. The Morgan fingerprint density at radius 3 is 2.72 bits per heavy atom. The van der Waals surface area contributed by atoms with E-state index < -0.39 is 18.0 Å². The number of ether oxygens (including phenoxy) is 1. The summed E-state index contributed by atoms with van der Waals surface area (Å²) < 4.78 is 7.13. The van der Waals surface area contributed by atoms with E-state index in [1.807, 2.05) is 24.3 Å². The van der Waals surface area contributed by atoms with Crippen molar-refractivity contribution < 1.29 is 14.3 Å². The Morgan fingerprint density at radius 2 is 2.00 bits per heavy atom. The van der Waals surface area contributed by atoms with E-state index in [4.69, 9.17) is 16.3 Å². The zero-order valence-electron chi connectivity index (χ0n) is 17.7. The third-order valence-electron chi connectivity index (χ3n) is 4.86. The number of rotatable bonds is 6. The summed E-state index contributed by atoms with van der Waals surface area (Å²) in [5.41, 5.74) is 3.29. The van der Waals surface area contributed by atoms with Crippen molar-refractivity contribution in [2.45, 2.75) is 32.0 Å². The van der Waals surface area contributed by atoms with Crippen molar-refractivity contribution in [2.75, 3.05) is 12.4 Å². The lowest BCUT2D eigenvalue weighted by molar-refractivity contribution is -0.139. The Hall–Kier alpha value is -3.11. The maximum atomic E-state index is 12.9. The molecule has 166 valence electrons. The fourth-order valence-corrected chi connectivity index (χ4v) is 4.60. The van der Waals surface area contributed by atoms with Crippen LogP contribution in [0.3, 0.4) is 0 Å². The van der Waals surface area contributed by atoms with E-state index in [9.17, 15) is 9.59 Å². The number of hydrogen-bond donors (Lipinski definition) is 2. The van der Waals surface area contributed by atoms with Crippen LogP contribution in [0.2, 0.25) is 5.02 Å². The third-order valence-corrected chi connectivity index (χ3v) is 6.07. The van der Waals surface area contributed by atoms with Crippen molar-refractivity contribution in [3.8, 4) is 0 Å². The molecule has 11 heteroatoms. The first-order valence-corrected chi connectivity index (χ1v) is 11.3. The molecule has 3 heterocycles. The van der Waals surface area contributed by atoms with Crippen LogP contribution in [0, 0.1) is 13.8 Å².